The fourth-order valence-electron chi connectivity index (χ4n) is 2.95. The lowest BCUT2D eigenvalue weighted by molar-refractivity contribution is 0.0526. The third-order valence-electron chi connectivity index (χ3n) is 4.63. The molecular formula is C23H23N3O7S2. The first-order valence-corrected chi connectivity index (χ1v) is 13.3. The Kier molecular flexibility index (Phi) is 7.77. The summed E-state index contributed by atoms with van der Waals surface area (Å²) in [5.41, 5.74) is 1.12. The van der Waals surface area contributed by atoms with E-state index in [1.807, 2.05) is 4.72 Å². The molecule has 10 nitrogen and oxygen atoms in total. The molecule has 12 heteroatoms. The van der Waals surface area contributed by atoms with Gasteiger partial charge in [0.15, 0.2) is 0 Å². The molecule has 0 saturated heterocycles. The molecule has 2 amide bonds. The minimum absolute atomic E-state index is 0.118. The van der Waals surface area contributed by atoms with Crippen LogP contribution in [0.1, 0.15) is 22.8 Å². The average Bonchev–Trinajstić information content (AvgIpc) is 2.79. The third kappa shape index (κ3) is 6.58. The highest BCUT2D eigenvalue weighted by Crippen LogP contribution is 2.24. The van der Waals surface area contributed by atoms with Crippen molar-refractivity contribution in [1.82, 2.24) is 4.72 Å². The second kappa shape index (κ2) is 10.6. The van der Waals surface area contributed by atoms with E-state index >= 15 is 0 Å². The number of amides is 2. The number of carbonyl (C=O) groups excluding carboxylic acids is 2. The minimum atomic E-state index is -4.19. The van der Waals surface area contributed by atoms with Crippen molar-refractivity contribution in [3.8, 4) is 0 Å². The normalized spacial score (nSPS) is 11.4. The Morgan fingerprint density at radius 1 is 0.829 bits per heavy atom. The largest absolute Gasteiger partial charge is 0.462 e. The Balaban J connectivity index is 1.77. The Morgan fingerprint density at radius 3 is 2.09 bits per heavy atom. The molecule has 0 aliphatic carbocycles. The molecule has 0 unspecified atom stereocenters. The van der Waals surface area contributed by atoms with Crippen LogP contribution in [0.15, 0.2) is 82.6 Å². The quantitative estimate of drug-likeness (QED) is 0.388. The summed E-state index contributed by atoms with van der Waals surface area (Å²) in [7, 11) is -8.37. The highest BCUT2D eigenvalue weighted by Gasteiger charge is 2.22. The van der Waals surface area contributed by atoms with Crippen LogP contribution in [0.3, 0.4) is 0 Å². The van der Waals surface area contributed by atoms with E-state index < -0.39 is 32.0 Å². The monoisotopic (exact) mass is 517 g/mol. The molecule has 0 aliphatic heterocycles. The summed E-state index contributed by atoms with van der Waals surface area (Å²) in [6.45, 7) is 3.66. The van der Waals surface area contributed by atoms with Gasteiger partial charge >= 0.3 is 12.0 Å². The number of para-hydroxylation sites is 1. The molecule has 3 rings (SSSR count). The zero-order valence-electron chi connectivity index (χ0n) is 18.8. The van der Waals surface area contributed by atoms with Crippen LogP contribution >= 0.6 is 0 Å². The van der Waals surface area contributed by atoms with Gasteiger partial charge in [0.05, 0.1) is 22.8 Å². The number of carbonyl (C=O) groups is 2. The van der Waals surface area contributed by atoms with Gasteiger partial charge in [-0.15, -0.1) is 0 Å². The number of anilines is 2. The maximum Gasteiger partial charge on any atom is 0.338 e. The summed E-state index contributed by atoms with van der Waals surface area (Å²) < 4.78 is 59.9. The highest BCUT2D eigenvalue weighted by atomic mass is 32.2. The summed E-state index contributed by atoms with van der Waals surface area (Å²) in [5, 5.41) is 2.27. The second-order valence-electron chi connectivity index (χ2n) is 7.27. The van der Waals surface area contributed by atoms with E-state index in [0.29, 0.717) is 0 Å². The van der Waals surface area contributed by atoms with Crippen LogP contribution in [0.4, 0.5) is 16.2 Å². The summed E-state index contributed by atoms with van der Waals surface area (Å²) in [6.07, 6.45) is 0. The zero-order valence-corrected chi connectivity index (χ0v) is 20.4. The third-order valence-corrected chi connectivity index (χ3v) is 7.42. The van der Waals surface area contributed by atoms with Crippen molar-refractivity contribution in [1.29, 1.82) is 0 Å². The number of nitrogens with one attached hydrogen (secondary N) is 3. The molecule has 0 aliphatic rings. The Morgan fingerprint density at radius 2 is 1.46 bits per heavy atom. The van der Waals surface area contributed by atoms with Crippen molar-refractivity contribution in [3.63, 3.8) is 0 Å². The lowest BCUT2D eigenvalue weighted by atomic mass is 10.2. The Hall–Kier alpha value is -3.90. The highest BCUT2D eigenvalue weighted by molar-refractivity contribution is 7.93. The lowest BCUT2D eigenvalue weighted by Gasteiger charge is -2.14. The summed E-state index contributed by atoms with van der Waals surface area (Å²) in [4.78, 5) is 23.8. The molecular weight excluding hydrogens is 494 g/mol. The van der Waals surface area contributed by atoms with Gasteiger partial charge in [0.1, 0.15) is 4.90 Å². The number of ether oxygens (including phenoxy) is 1. The van der Waals surface area contributed by atoms with Crippen LogP contribution in [-0.2, 0) is 24.8 Å². The van der Waals surface area contributed by atoms with Crippen LogP contribution < -0.4 is 14.8 Å². The standard InChI is InChI=1S/C23H23N3O7S2/c1-3-33-22(27)17-10-12-18(13-11-17)25-35(31,32)21-7-5-4-6-20(21)24-23(28)26-34(29,30)19-14-8-16(2)9-15-19/h4-15,25H,3H2,1-2H3,(H2,24,26,28). The summed E-state index contributed by atoms with van der Waals surface area (Å²) in [6, 6.07) is 15.8. The molecule has 0 radical (unpaired) electrons. The van der Waals surface area contributed by atoms with Crippen LogP contribution in [0.5, 0.6) is 0 Å². The van der Waals surface area contributed by atoms with Crippen molar-refractivity contribution in [2.45, 2.75) is 23.6 Å². The van der Waals surface area contributed by atoms with Gasteiger partial charge in [0.25, 0.3) is 20.0 Å². The van der Waals surface area contributed by atoms with Crippen molar-refractivity contribution in [2.75, 3.05) is 16.6 Å². The lowest BCUT2D eigenvalue weighted by Crippen LogP contribution is -2.34. The number of rotatable bonds is 8. The van der Waals surface area contributed by atoms with Crippen LogP contribution in [-0.4, -0.2) is 35.4 Å². The molecule has 0 saturated carbocycles. The fraction of sp³-hybridized carbons (Fsp3) is 0.130. The summed E-state index contributed by atoms with van der Waals surface area (Å²) >= 11 is 0. The van der Waals surface area contributed by atoms with Gasteiger partial charge in [-0.25, -0.2) is 31.1 Å². The Labute approximate surface area is 203 Å². The number of benzene rings is 3. The fourth-order valence-corrected chi connectivity index (χ4v) is 5.08. The molecule has 184 valence electrons. The molecule has 35 heavy (non-hydrogen) atoms. The van der Waals surface area contributed by atoms with Crippen LogP contribution in [0.2, 0.25) is 0 Å². The first kappa shape index (κ1) is 25.7. The molecule has 0 spiro atoms. The number of urea groups is 1. The average molecular weight is 518 g/mol. The number of esters is 1. The molecule has 0 heterocycles. The van der Waals surface area contributed by atoms with Gasteiger partial charge in [-0.05, 0) is 62.4 Å². The van der Waals surface area contributed by atoms with Crippen LogP contribution in [0.25, 0.3) is 0 Å². The molecule has 3 aromatic carbocycles. The van der Waals surface area contributed by atoms with E-state index in [1.54, 1.807) is 26.0 Å². The topological polar surface area (TPSA) is 148 Å². The van der Waals surface area contributed by atoms with E-state index in [1.165, 1.54) is 60.7 Å². The van der Waals surface area contributed by atoms with Gasteiger partial charge in [0.2, 0.25) is 0 Å². The maximum atomic E-state index is 13.0. The first-order valence-electron chi connectivity index (χ1n) is 10.3. The van der Waals surface area contributed by atoms with E-state index in [-0.39, 0.29) is 33.3 Å². The smallest absolute Gasteiger partial charge is 0.338 e. The number of aryl methyl sites for hydroxylation is 1. The second-order valence-corrected chi connectivity index (χ2v) is 10.6. The predicted octanol–water partition coefficient (Wildman–Crippen LogP) is 3.48. The number of hydrogen-bond donors (Lipinski definition) is 3. The zero-order chi connectivity index (χ0) is 25.6. The van der Waals surface area contributed by atoms with Gasteiger partial charge in [0, 0.05) is 5.69 Å². The molecule has 0 fully saturated rings. The van der Waals surface area contributed by atoms with E-state index in [0.717, 1.165) is 5.56 Å². The van der Waals surface area contributed by atoms with Crippen molar-refractivity contribution >= 4 is 43.4 Å². The van der Waals surface area contributed by atoms with E-state index in [4.69, 9.17) is 4.74 Å². The Bertz CT molecular complexity index is 1440. The van der Waals surface area contributed by atoms with Crippen molar-refractivity contribution in [2.24, 2.45) is 0 Å². The van der Waals surface area contributed by atoms with Crippen molar-refractivity contribution < 1.29 is 31.2 Å². The number of hydrogen-bond acceptors (Lipinski definition) is 7. The maximum absolute atomic E-state index is 13.0. The van der Waals surface area contributed by atoms with Gasteiger partial charge in [-0.2, -0.15) is 0 Å². The van der Waals surface area contributed by atoms with E-state index in [9.17, 15) is 26.4 Å². The predicted molar refractivity (Wildman–Crippen MR) is 130 cm³/mol. The van der Waals surface area contributed by atoms with Crippen molar-refractivity contribution in [3.05, 3.63) is 83.9 Å². The molecule has 3 N–H and O–H groups in total. The summed E-state index contributed by atoms with van der Waals surface area (Å²) in [5.74, 6) is -0.539. The first-order chi connectivity index (χ1) is 16.5. The minimum Gasteiger partial charge on any atom is -0.462 e. The van der Waals surface area contributed by atoms with Gasteiger partial charge < -0.3 is 10.1 Å². The van der Waals surface area contributed by atoms with Gasteiger partial charge in [-0.3, -0.25) is 4.72 Å². The number of sulfonamides is 2. The van der Waals surface area contributed by atoms with E-state index in [2.05, 4.69) is 10.0 Å². The molecule has 0 atom stereocenters. The molecule has 3 aromatic rings. The molecule has 0 aromatic heterocycles. The van der Waals surface area contributed by atoms with Crippen LogP contribution in [0, 0.1) is 6.92 Å². The van der Waals surface area contributed by atoms with Gasteiger partial charge in [-0.1, -0.05) is 29.8 Å². The SMILES string of the molecule is CCOC(=O)c1ccc(NS(=O)(=O)c2ccccc2NC(=O)NS(=O)(=O)c2ccc(C)cc2)cc1. The molecule has 0 bridgehead atoms.